The molecule has 1 aromatic rings. The number of ether oxygens (including phenoxy) is 1. The molecule has 2 heterocycles. The van der Waals surface area contributed by atoms with Gasteiger partial charge in [0.1, 0.15) is 13.7 Å². The standard InChI is InChI=1S/C22H31NO3SSi/c1-17-8-10-19(11-9-17)27(24,25)23-15-18-14-22(12-6-5-7-13-22)26-21(20(18)16-23)28(2,3)4/h8-11,14H,5-7,12-13,15-16H2,1-4H3. The van der Waals surface area contributed by atoms with Crippen LogP contribution in [-0.2, 0) is 14.8 Å². The van der Waals surface area contributed by atoms with Crippen LogP contribution in [0.3, 0.4) is 0 Å². The molecule has 0 aromatic heterocycles. The van der Waals surface area contributed by atoms with Crippen LogP contribution in [-0.4, -0.2) is 39.5 Å². The summed E-state index contributed by atoms with van der Waals surface area (Å²) >= 11 is 0. The Kier molecular flexibility index (Phi) is 4.88. The first-order valence-electron chi connectivity index (χ1n) is 10.3. The number of rotatable bonds is 3. The Hall–Kier alpha value is -1.37. The van der Waals surface area contributed by atoms with Gasteiger partial charge in [-0.1, -0.05) is 43.8 Å². The number of sulfonamides is 1. The van der Waals surface area contributed by atoms with Crippen LogP contribution in [0.25, 0.3) is 0 Å². The molecule has 1 aliphatic carbocycles. The summed E-state index contributed by atoms with van der Waals surface area (Å²) in [5, 5.41) is 1.12. The molecular formula is C22H31NO3SSi. The van der Waals surface area contributed by atoms with Gasteiger partial charge in [0.2, 0.25) is 10.0 Å². The van der Waals surface area contributed by atoms with E-state index < -0.39 is 18.1 Å². The van der Waals surface area contributed by atoms with Crippen molar-refractivity contribution in [2.24, 2.45) is 0 Å². The van der Waals surface area contributed by atoms with Crippen LogP contribution in [0.4, 0.5) is 0 Å². The van der Waals surface area contributed by atoms with E-state index in [1.165, 1.54) is 24.8 Å². The van der Waals surface area contributed by atoms with E-state index in [9.17, 15) is 8.42 Å². The zero-order valence-electron chi connectivity index (χ0n) is 17.4. The average molecular weight is 418 g/mol. The Bertz CT molecular complexity index is 933. The second kappa shape index (κ2) is 6.85. The van der Waals surface area contributed by atoms with Crippen molar-refractivity contribution in [2.75, 3.05) is 13.1 Å². The molecule has 0 atom stereocenters. The van der Waals surface area contributed by atoms with Crippen LogP contribution in [0, 0.1) is 6.92 Å². The van der Waals surface area contributed by atoms with E-state index in [0.717, 1.165) is 29.4 Å². The molecule has 4 rings (SSSR count). The molecule has 2 fully saturated rings. The molecular weight excluding hydrogens is 386 g/mol. The van der Waals surface area contributed by atoms with Crippen molar-refractivity contribution in [1.82, 2.24) is 4.31 Å². The topological polar surface area (TPSA) is 46.6 Å². The molecule has 2 aliphatic heterocycles. The quantitative estimate of drug-likeness (QED) is 0.664. The number of fused-ring (bicyclic) bond motifs is 1. The van der Waals surface area contributed by atoms with Gasteiger partial charge >= 0.3 is 0 Å². The molecule has 1 aromatic carbocycles. The van der Waals surface area contributed by atoms with Crippen LogP contribution in [0.1, 0.15) is 37.7 Å². The lowest BCUT2D eigenvalue weighted by Crippen LogP contribution is -2.41. The predicted octanol–water partition coefficient (Wildman–Crippen LogP) is 4.79. The largest absolute Gasteiger partial charge is 0.492 e. The summed E-state index contributed by atoms with van der Waals surface area (Å²) in [5.41, 5.74) is 3.16. The van der Waals surface area contributed by atoms with Gasteiger partial charge in [-0.05, 0) is 56.4 Å². The average Bonchev–Trinajstić information content (AvgIpc) is 3.05. The lowest BCUT2D eigenvalue weighted by Gasteiger charge is -2.42. The van der Waals surface area contributed by atoms with E-state index in [0.29, 0.717) is 18.0 Å². The van der Waals surface area contributed by atoms with Gasteiger partial charge in [-0.2, -0.15) is 4.31 Å². The van der Waals surface area contributed by atoms with Crippen molar-refractivity contribution in [3.05, 3.63) is 52.4 Å². The van der Waals surface area contributed by atoms with Crippen molar-refractivity contribution in [3.8, 4) is 0 Å². The second-order valence-corrected chi connectivity index (χ2v) is 16.4. The van der Waals surface area contributed by atoms with E-state index in [-0.39, 0.29) is 5.60 Å². The first-order valence-corrected chi connectivity index (χ1v) is 15.3. The van der Waals surface area contributed by atoms with Gasteiger partial charge in [-0.3, -0.25) is 0 Å². The van der Waals surface area contributed by atoms with Crippen LogP contribution < -0.4 is 0 Å². The summed E-state index contributed by atoms with van der Waals surface area (Å²) in [6.07, 6.45) is 7.99. The molecule has 1 saturated heterocycles. The SMILES string of the molecule is Cc1ccc(S(=O)(=O)N2CC3=CC4(CCCCC4)OC([Si](C)(C)C)=C3C2)cc1. The molecule has 0 radical (unpaired) electrons. The summed E-state index contributed by atoms with van der Waals surface area (Å²) in [6.45, 7) is 9.75. The van der Waals surface area contributed by atoms with Gasteiger partial charge in [0.25, 0.3) is 0 Å². The molecule has 3 aliphatic rings. The highest BCUT2D eigenvalue weighted by atomic mass is 32.2. The number of hydrogen-bond donors (Lipinski definition) is 0. The van der Waals surface area contributed by atoms with Crippen molar-refractivity contribution in [3.63, 3.8) is 0 Å². The third-order valence-electron chi connectivity index (χ3n) is 6.13. The molecule has 0 bridgehead atoms. The van der Waals surface area contributed by atoms with Crippen LogP contribution in [0.5, 0.6) is 0 Å². The predicted molar refractivity (Wildman–Crippen MR) is 115 cm³/mol. The Balaban J connectivity index is 1.73. The number of hydrogen-bond acceptors (Lipinski definition) is 3. The minimum atomic E-state index is -3.51. The minimum absolute atomic E-state index is 0.212. The monoisotopic (exact) mass is 417 g/mol. The van der Waals surface area contributed by atoms with Crippen molar-refractivity contribution >= 4 is 18.1 Å². The van der Waals surface area contributed by atoms with Gasteiger partial charge in [0.05, 0.1) is 10.3 Å². The fourth-order valence-electron chi connectivity index (χ4n) is 4.61. The highest BCUT2D eigenvalue weighted by molar-refractivity contribution is 7.89. The van der Waals surface area contributed by atoms with Crippen LogP contribution in [0.15, 0.2) is 51.8 Å². The lowest BCUT2D eigenvalue weighted by atomic mass is 9.82. The normalized spacial score (nSPS) is 22.8. The van der Waals surface area contributed by atoms with Gasteiger partial charge in [-0.25, -0.2) is 8.42 Å². The molecule has 152 valence electrons. The fourth-order valence-corrected chi connectivity index (χ4v) is 7.65. The Morgan fingerprint density at radius 1 is 1.00 bits per heavy atom. The number of benzene rings is 1. The zero-order chi connectivity index (χ0) is 20.2. The Labute approximate surface area is 170 Å². The molecule has 6 heteroatoms. The molecule has 0 unspecified atom stereocenters. The van der Waals surface area contributed by atoms with Crippen LogP contribution in [0.2, 0.25) is 19.6 Å². The van der Waals surface area contributed by atoms with Crippen LogP contribution >= 0.6 is 0 Å². The molecule has 0 amide bonds. The summed E-state index contributed by atoms with van der Waals surface area (Å²) < 4.78 is 34.9. The maximum absolute atomic E-state index is 13.3. The lowest BCUT2D eigenvalue weighted by molar-refractivity contribution is 0.0179. The fraction of sp³-hybridized carbons (Fsp3) is 0.545. The molecule has 1 spiro atoms. The number of aryl methyl sites for hydroxylation is 1. The molecule has 28 heavy (non-hydrogen) atoms. The zero-order valence-corrected chi connectivity index (χ0v) is 19.2. The first-order chi connectivity index (χ1) is 13.1. The molecule has 0 N–H and O–H groups in total. The number of nitrogens with zero attached hydrogens (tertiary/aromatic N) is 1. The second-order valence-electron chi connectivity index (χ2n) is 9.54. The van der Waals surface area contributed by atoms with Gasteiger partial charge in [0, 0.05) is 18.7 Å². The van der Waals surface area contributed by atoms with Gasteiger partial charge in [0.15, 0.2) is 0 Å². The highest BCUT2D eigenvalue weighted by Gasteiger charge is 2.45. The van der Waals surface area contributed by atoms with E-state index in [1.54, 1.807) is 16.4 Å². The third kappa shape index (κ3) is 3.51. The summed E-state index contributed by atoms with van der Waals surface area (Å²) in [7, 11) is -5.24. The van der Waals surface area contributed by atoms with Crippen molar-refractivity contribution in [2.45, 2.75) is 69.2 Å². The van der Waals surface area contributed by atoms with E-state index in [1.807, 2.05) is 19.1 Å². The minimum Gasteiger partial charge on any atom is -0.492 e. The molecule has 1 saturated carbocycles. The smallest absolute Gasteiger partial charge is 0.243 e. The summed E-state index contributed by atoms with van der Waals surface area (Å²) in [5.74, 6) is 0. The van der Waals surface area contributed by atoms with E-state index in [4.69, 9.17) is 4.74 Å². The third-order valence-corrected chi connectivity index (χ3v) is 9.70. The van der Waals surface area contributed by atoms with Gasteiger partial charge in [-0.15, -0.1) is 0 Å². The van der Waals surface area contributed by atoms with Crippen molar-refractivity contribution in [1.29, 1.82) is 0 Å². The van der Waals surface area contributed by atoms with Gasteiger partial charge < -0.3 is 4.74 Å². The summed E-state index contributed by atoms with van der Waals surface area (Å²) in [4.78, 5) is 0.376. The van der Waals surface area contributed by atoms with E-state index >= 15 is 0 Å². The first kappa shape index (κ1) is 19.9. The summed E-state index contributed by atoms with van der Waals surface area (Å²) in [6, 6.07) is 7.16. The maximum Gasteiger partial charge on any atom is 0.243 e. The Morgan fingerprint density at radius 3 is 2.25 bits per heavy atom. The van der Waals surface area contributed by atoms with E-state index in [2.05, 4.69) is 25.7 Å². The highest BCUT2D eigenvalue weighted by Crippen LogP contribution is 2.45. The maximum atomic E-state index is 13.3. The Morgan fingerprint density at radius 2 is 1.64 bits per heavy atom. The van der Waals surface area contributed by atoms with Crippen molar-refractivity contribution < 1.29 is 13.2 Å². The molecule has 4 nitrogen and oxygen atoms in total.